The van der Waals surface area contributed by atoms with Gasteiger partial charge in [-0.15, -0.1) is 0 Å². The highest BCUT2D eigenvalue weighted by atomic mass is 16.5. The highest BCUT2D eigenvalue weighted by molar-refractivity contribution is 5.99. The number of benzene rings is 2. The minimum absolute atomic E-state index is 0.0246. The lowest BCUT2D eigenvalue weighted by atomic mass is 10.1. The molecule has 0 bridgehead atoms. The molecule has 0 aliphatic carbocycles. The minimum atomic E-state index is -0.250. The van der Waals surface area contributed by atoms with Gasteiger partial charge in [0.2, 0.25) is 5.91 Å². The highest BCUT2D eigenvalue weighted by Crippen LogP contribution is 2.25. The Hall–Kier alpha value is -3.68. The van der Waals surface area contributed by atoms with Crippen molar-refractivity contribution < 1.29 is 14.3 Å². The summed E-state index contributed by atoms with van der Waals surface area (Å²) in [7, 11) is 1.59. The van der Waals surface area contributed by atoms with E-state index in [4.69, 9.17) is 4.74 Å². The lowest BCUT2D eigenvalue weighted by Crippen LogP contribution is -2.37. The summed E-state index contributed by atoms with van der Waals surface area (Å²) in [5.74, 6) is 0.464. The maximum absolute atomic E-state index is 12.7. The molecule has 29 heavy (non-hydrogen) atoms. The van der Waals surface area contributed by atoms with E-state index in [1.807, 2.05) is 42.5 Å². The van der Waals surface area contributed by atoms with Gasteiger partial charge >= 0.3 is 0 Å². The second-order valence-corrected chi connectivity index (χ2v) is 6.87. The zero-order valence-electron chi connectivity index (χ0n) is 16.0. The predicted molar refractivity (Wildman–Crippen MR) is 107 cm³/mol. The smallest absolute Gasteiger partial charge is 0.251 e. The molecule has 1 saturated heterocycles. The molecule has 2 heterocycles. The molecule has 8 nitrogen and oxygen atoms in total. The van der Waals surface area contributed by atoms with Crippen molar-refractivity contribution in [3.8, 4) is 5.75 Å². The number of nitrogens with one attached hydrogen (secondary N) is 1. The number of ether oxygens (including phenoxy) is 1. The summed E-state index contributed by atoms with van der Waals surface area (Å²) in [6.07, 6.45) is 3.37. The Balaban J connectivity index is 1.42. The maximum Gasteiger partial charge on any atom is 0.251 e. The zero-order chi connectivity index (χ0) is 20.2. The Morgan fingerprint density at radius 2 is 2.10 bits per heavy atom. The second kappa shape index (κ2) is 8.14. The van der Waals surface area contributed by atoms with Gasteiger partial charge in [0.1, 0.15) is 18.4 Å². The normalized spacial score (nSPS) is 16.1. The van der Waals surface area contributed by atoms with Gasteiger partial charge in [-0.2, -0.15) is 5.10 Å². The summed E-state index contributed by atoms with van der Waals surface area (Å²) >= 11 is 0. The first-order valence-electron chi connectivity index (χ1n) is 9.29. The van der Waals surface area contributed by atoms with Gasteiger partial charge in [-0.3, -0.25) is 9.59 Å². The molecule has 1 aliphatic heterocycles. The van der Waals surface area contributed by atoms with Crippen molar-refractivity contribution in [1.82, 2.24) is 20.1 Å². The molecular formula is C21H21N5O3. The van der Waals surface area contributed by atoms with Gasteiger partial charge in [0.15, 0.2) is 0 Å². The third-order valence-corrected chi connectivity index (χ3v) is 4.83. The number of nitrogens with zero attached hydrogens (tertiary/aromatic N) is 4. The molecule has 1 aromatic heterocycles. The van der Waals surface area contributed by atoms with Gasteiger partial charge in [0.05, 0.1) is 19.7 Å². The molecule has 0 saturated carbocycles. The van der Waals surface area contributed by atoms with Crippen LogP contribution in [0.25, 0.3) is 0 Å². The fourth-order valence-corrected chi connectivity index (χ4v) is 3.41. The van der Waals surface area contributed by atoms with Crippen LogP contribution in [0.4, 0.5) is 5.69 Å². The molecule has 0 radical (unpaired) electrons. The van der Waals surface area contributed by atoms with Gasteiger partial charge < -0.3 is 15.0 Å². The standard InChI is InChI=1S/C21H21N5O3/c1-29-19-7-3-6-18(10-19)26-12-17(9-20(26)27)24-21(28)16-5-2-4-15(8-16)11-25-14-22-13-23-25/h2-8,10,13-14,17H,9,11-12H2,1H3,(H,24,28)/t17-/m1/s1. The summed E-state index contributed by atoms with van der Waals surface area (Å²) < 4.78 is 6.92. The SMILES string of the molecule is COc1cccc(N2C[C@H](NC(=O)c3cccc(Cn4cncn4)c3)CC2=O)c1. The summed E-state index contributed by atoms with van der Waals surface area (Å²) in [5, 5.41) is 7.05. The van der Waals surface area contributed by atoms with Crippen LogP contribution in [0.5, 0.6) is 5.75 Å². The van der Waals surface area contributed by atoms with E-state index in [1.165, 1.54) is 6.33 Å². The van der Waals surface area contributed by atoms with E-state index in [0.29, 0.717) is 24.4 Å². The van der Waals surface area contributed by atoms with Crippen LogP contribution in [-0.2, 0) is 11.3 Å². The number of anilines is 1. The van der Waals surface area contributed by atoms with Crippen LogP contribution in [0.1, 0.15) is 22.3 Å². The van der Waals surface area contributed by atoms with E-state index in [2.05, 4.69) is 15.4 Å². The Morgan fingerprint density at radius 3 is 2.90 bits per heavy atom. The molecular weight excluding hydrogens is 370 g/mol. The largest absolute Gasteiger partial charge is 0.497 e. The topological polar surface area (TPSA) is 89.3 Å². The fourth-order valence-electron chi connectivity index (χ4n) is 3.41. The fraction of sp³-hybridized carbons (Fsp3) is 0.238. The van der Waals surface area contributed by atoms with E-state index in [0.717, 1.165) is 11.3 Å². The van der Waals surface area contributed by atoms with Crippen molar-refractivity contribution in [2.45, 2.75) is 19.0 Å². The van der Waals surface area contributed by atoms with E-state index in [-0.39, 0.29) is 24.3 Å². The van der Waals surface area contributed by atoms with Crippen molar-refractivity contribution in [1.29, 1.82) is 0 Å². The number of aromatic nitrogens is 3. The third-order valence-electron chi connectivity index (χ3n) is 4.83. The molecule has 3 aromatic rings. The number of methoxy groups -OCH3 is 1. The highest BCUT2D eigenvalue weighted by Gasteiger charge is 2.32. The summed E-state index contributed by atoms with van der Waals surface area (Å²) in [6, 6.07) is 14.5. The van der Waals surface area contributed by atoms with Crippen LogP contribution in [0.2, 0.25) is 0 Å². The predicted octanol–water partition coefficient (Wildman–Crippen LogP) is 1.87. The van der Waals surface area contributed by atoms with E-state index < -0.39 is 0 Å². The van der Waals surface area contributed by atoms with Crippen molar-refractivity contribution in [3.63, 3.8) is 0 Å². The Labute approximate surface area is 168 Å². The number of hydrogen-bond acceptors (Lipinski definition) is 5. The lowest BCUT2D eigenvalue weighted by Gasteiger charge is -2.18. The van der Waals surface area contributed by atoms with Gasteiger partial charge in [0, 0.05) is 30.3 Å². The monoisotopic (exact) mass is 391 g/mol. The average Bonchev–Trinajstić information content (AvgIpc) is 3.37. The number of carbonyl (C=O) groups excluding carboxylic acids is 2. The maximum atomic E-state index is 12.7. The number of carbonyl (C=O) groups is 2. The second-order valence-electron chi connectivity index (χ2n) is 6.87. The van der Waals surface area contributed by atoms with Crippen molar-refractivity contribution in [3.05, 3.63) is 72.3 Å². The van der Waals surface area contributed by atoms with Gasteiger partial charge in [-0.1, -0.05) is 18.2 Å². The lowest BCUT2D eigenvalue weighted by molar-refractivity contribution is -0.117. The molecule has 0 unspecified atom stereocenters. The third kappa shape index (κ3) is 4.26. The molecule has 1 aliphatic rings. The Kier molecular flexibility index (Phi) is 5.24. The average molecular weight is 391 g/mol. The first kappa shape index (κ1) is 18.7. The zero-order valence-corrected chi connectivity index (χ0v) is 16.0. The van der Waals surface area contributed by atoms with Crippen LogP contribution in [0, 0.1) is 0 Å². The molecule has 1 fully saturated rings. The van der Waals surface area contributed by atoms with Gasteiger partial charge in [-0.25, -0.2) is 9.67 Å². The van der Waals surface area contributed by atoms with E-state index >= 15 is 0 Å². The van der Waals surface area contributed by atoms with Crippen molar-refractivity contribution >= 4 is 17.5 Å². The molecule has 1 N–H and O–H groups in total. The van der Waals surface area contributed by atoms with Crippen LogP contribution in [0.3, 0.4) is 0 Å². The summed E-state index contributed by atoms with van der Waals surface area (Å²) in [4.78, 5) is 30.8. The molecule has 1 atom stereocenters. The molecule has 4 rings (SSSR count). The van der Waals surface area contributed by atoms with Crippen LogP contribution < -0.4 is 15.0 Å². The molecule has 2 amide bonds. The Bertz CT molecular complexity index is 1020. The van der Waals surface area contributed by atoms with Crippen LogP contribution in [0.15, 0.2) is 61.2 Å². The number of amides is 2. The first-order chi connectivity index (χ1) is 14.1. The minimum Gasteiger partial charge on any atom is -0.497 e. The van der Waals surface area contributed by atoms with Crippen LogP contribution >= 0.6 is 0 Å². The molecule has 148 valence electrons. The van der Waals surface area contributed by atoms with Crippen LogP contribution in [-0.4, -0.2) is 46.3 Å². The van der Waals surface area contributed by atoms with E-state index in [1.54, 1.807) is 29.1 Å². The van der Waals surface area contributed by atoms with Crippen molar-refractivity contribution in [2.75, 3.05) is 18.6 Å². The van der Waals surface area contributed by atoms with Crippen molar-refractivity contribution in [2.24, 2.45) is 0 Å². The molecule has 2 aromatic carbocycles. The molecule has 0 spiro atoms. The summed E-state index contributed by atoms with van der Waals surface area (Å²) in [6.45, 7) is 0.961. The quantitative estimate of drug-likeness (QED) is 0.693. The number of rotatable bonds is 6. The first-order valence-corrected chi connectivity index (χ1v) is 9.29. The van der Waals surface area contributed by atoms with Gasteiger partial charge in [0.25, 0.3) is 5.91 Å². The van der Waals surface area contributed by atoms with E-state index in [9.17, 15) is 9.59 Å². The summed E-state index contributed by atoms with van der Waals surface area (Å²) in [5.41, 5.74) is 2.26. The van der Waals surface area contributed by atoms with Gasteiger partial charge in [-0.05, 0) is 29.8 Å². The molecule has 8 heteroatoms. The number of hydrogen-bond donors (Lipinski definition) is 1. The Morgan fingerprint density at radius 1 is 1.24 bits per heavy atom.